The number of alkyl halides is 2. The average Bonchev–Trinajstić information content (AvgIpc) is 1.59. The predicted octanol–water partition coefficient (Wildman–Crippen LogP) is 9.07. The summed E-state index contributed by atoms with van der Waals surface area (Å²) in [6.45, 7) is 11.2. The van der Waals surface area contributed by atoms with E-state index in [-0.39, 0.29) is 107 Å². The molecule has 2 aliphatic rings. The number of aryl methyl sites for hydroxylation is 2. The first-order chi connectivity index (χ1) is 43.8. The second kappa shape index (κ2) is 31.6. The van der Waals surface area contributed by atoms with E-state index in [1.54, 1.807) is 99.3 Å². The molecule has 10 rings (SSSR count). The molecule has 8 aromatic rings. The number of likely N-dealkylation sites (tertiary alicyclic amines) is 2. The van der Waals surface area contributed by atoms with E-state index < -0.39 is 54.7 Å². The van der Waals surface area contributed by atoms with Crippen molar-refractivity contribution < 1.29 is 61.6 Å². The van der Waals surface area contributed by atoms with Gasteiger partial charge in [0.25, 0.3) is 0 Å². The summed E-state index contributed by atoms with van der Waals surface area (Å²) >= 11 is 10.0. The lowest BCUT2D eigenvalue weighted by molar-refractivity contribution is -0.137. The second-order valence-corrected chi connectivity index (χ2v) is 35.1. The number of hydrogen-bond acceptors (Lipinski definition) is 19. The predicted molar refractivity (Wildman–Crippen MR) is 350 cm³/mol. The molecule has 3 N–H and O–H groups in total. The number of hydrogen-bond donors (Lipinski definition) is 3. The Hall–Kier alpha value is -7.94. The summed E-state index contributed by atoms with van der Waals surface area (Å²) < 4.78 is 55.0. The fourth-order valence-corrected chi connectivity index (χ4v) is 10.5. The third kappa shape index (κ3) is 18.4. The molecule has 4 amide bonds. The Bertz CT molecular complexity index is 3990. The van der Waals surface area contributed by atoms with Crippen LogP contribution in [0.5, 0.6) is 11.5 Å². The molecule has 0 aliphatic carbocycles. The maximum atomic E-state index is 14.6. The number of aliphatic hydroxyl groups excluding tert-OH is 1. The summed E-state index contributed by atoms with van der Waals surface area (Å²) in [7, 11) is 1.52. The van der Waals surface area contributed by atoms with E-state index in [0.717, 1.165) is 0 Å². The molecule has 31 heteroatoms. The Balaban J connectivity index is 0.000000221. The highest BCUT2D eigenvalue weighted by Crippen LogP contribution is 2.38. The minimum Gasteiger partial charge on any atom is -0.490 e. The van der Waals surface area contributed by atoms with Gasteiger partial charge < -0.3 is 44.5 Å². The fraction of sp³-hybridized carbons (Fsp3) is 0.377. The number of rotatable bonds is 21. The fourth-order valence-electron chi connectivity index (χ4n) is 9.85. The lowest BCUT2D eigenvalue weighted by Crippen LogP contribution is -2.44. The van der Waals surface area contributed by atoms with Crippen LogP contribution in [0.4, 0.5) is 20.4 Å². The molecule has 0 radical (unpaired) electrons. The van der Waals surface area contributed by atoms with Crippen molar-refractivity contribution >= 4 is 122 Å². The molecule has 0 spiro atoms. The van der Waals surface area contributed by atoms with E-state index in [1.807, 2.05) is 0 Å². The smallest absolute Gasteiger partial charge is 0.248 e. The monoisotopic (exact) mass is 1470 g/mol. The van der Waals surface area contributed by atoms with Gasteiger partial charge in [0, 0.05) is 104 Å². The second-order valence-electron chi connectivity index (χ2n) is 22.2. The van der Waals surface area contributed by atoms with Crippen molar-refractivity contribution in [2.75, 3.05) is 64.1 Å². The first kappa shape index (κ1) is 69.9. The van der Waals surface area contributed by atoms with E-state index in [1.165, 1.54) is 40.1 Å². The van der Waals surface area contributed by atoms with Gasteiger partial charge in [-0.3, -0.25) is 38.1 Å². The molecule has 2 fully saturated rings. The van der Waals surface area contributed by atoms with Gasteiger partial charge in [-0.15, -0.1) is 15.3 Å². The van der Waals surface area contributed by atoms with Crippen molar-refractivity contribution in [1.29, 1.82) is 0 Å². The molecule has 4 atom stereocenters. The molecule has 6 aromatic heterocycles. The molecule has 8 heterocycles. The highest BCUT2D eigenvalue weighted by Gasteiger charge is 2.42. The van der Waals surface area contributed by atoms with E-state index >= 15 is 0 Å². The van der Waals surface area contributed by atoms with Crippen LogP contribution < -0.4 is 20.1 Å². The highest BCUT2D eigenvalue weighted by molar-refractivity contribution is 9.26. The van der Waals surface area contributed by atoms with Crippen molar-refractivity contribution in [2.24, 2.45) is 0 Å². The van der Waals surface area contributed by atoms with Gasteiger partial charge in [0.1, 0.15) is 120 Å². The lowest BCUT2D eigenvalue weighted by Gasteiger charge is -2.23. The number of pyridine rings is 2. The number of nitrogens with one attached hydrogen (secondary N) is 2. The number of ketones is 2. The van der Waals surface area contributed by atoms with Crippen LogP contribution in [0, 0.1) is 13.8 Å². The van der Waals surface area contributed by atoms with Crippen molar-refractivity contribution in [3.63, 3.8) is 0 Å². The number of halogens is 5. The van der Waals surface area contributed by atoms with Gasteiger partial charge in [-0.2, -0.15) is 10.2 Å². The van der Waals surface area contributed by atoms with Crippen molar-refractivity contribution in [2.45, 2.75) is 97.7 Å². The van der Waals surface area contributed by atoms with Gasteiger partial charge in [-0.1, -0.05) is 31.8 Å². The Morgan fingerprint density at radius 3 is 1.41 bits per heavy atom. The van der Waals surface area contributed by atoms with E-state index in [9.17, 15) is 42.7 Å². The lowest BCUT2D eigenvalue weighted by atomic mass is 10.0. The Kier molecular flexibility index (Phi) is 24.0. The maximum absolute atomic E-state index is 14.6. The Morgan fingerprint density at radius 1 is 0.641 bits per heavy atom. The number of Topliss-reactive ketones (excluding diaryl/α,β-unsaturated/α-hetero) is 2. The summed E-state index contributed by atoms with van der Waals surface area (Å²) in [4.78, 5) is 106. The molecule has 2 aromatic carbocycles. The number of fused-ring (bicyclic) bond motifs is 2. The first-order valence-electron chi connectivity index (χ1n) is 28.8. The molecule has 92 heavy (non-hydrogen) atoms. The van der Waals surface area contributed by atoms with Crippen LogP contribution in [0.3, 0.4) is 0 Å². The quantitative estimate of drug-likeness (QED) is 0.0151. The summed E-state index contributed by atoms with van der Waals surface area (Å²) in [6, 6.07) is 14.6. The van der Waals surface area contributed by atoms with Crippen LogP contribution in [0.1, 0.15) is 59.3 Å². The molecular formula is C61H67Br3F2N14O11Si. The number of methoxy groups -OCH3 is 1. The molecule has 0 bridgehead atoms. The number of anilines is 2. The molecule has 0 saturated carbocycles. The van der Waals surface area contributed by atoms with Gasteiger partial charge in [-0.25, -0.2) is 38.7 Å². The zero-order valence-corrected chi connectivity index (χ0v) is 57.2. The van der Waals surface area contributed by atoms with Crippen molar-refractivity contribution in [1.82, 2.24) is 59.3 Å². The largest absolute Gasteiger partial charge is 0.490 e. The Labute approximate surface area is 553 Å². The molecular weight excluding hydrogens is 1410 g/mol. The molecule has 25 nitrogen and oxygen atoms in total. The van der Waals surface area contributed by atoms with Gasteiger partial charge >= 0.3 is 0 Å². The van der Waals surface area contributed by atoms with Crippen LogP contribution >= 0.6 is 47.2 Å². The third-order valence-corrected chi connectivity index (χ3v) is 14.7. The highest BCUT2D eigenvalue weighted by atomic mass is 79.9. The number of aliphatic hydroxyl groups is 1. The zero-order valence-electron chi connectivity index (χ0n) is 51.5. The van der Waals surface area contributed by atoms with Crippen LogP contribution in [0.15, 0.2) is 94.7 Å². The van der Waals surface area contributed by atoms with Gasteiger partial charge in [-0.05, 0) is 82.1 Å². The van der Waals surface area contributed by atoms with Crippen LogP contribution in [-0.4, -0.2) is 184 Å². The molecule has 2 aliphatic heterocycles. The minimum absolute atomic E-state index is 0.00679. The zero-order chi connectivity index (χ0) is 66.6. The first-order valence-corrected chi connectivity index (χ1v) is 36.2. The number of nitrogens with zero attached hydrogens (tertiary/aromatic N) is 12. The maximum Gasteiger partial charge on any atom is 0.248 e. The number of carbonyl (C=O) groups is 6. The minimum atomic E-state index is -1.39. The summed E-state index contributed by atoms with van der Waals surface area (Å²) in [5.41, 5.74) is 3.56. The normalized spacial score (nSPS) is 16.2. The van der Waals surface area contributed by atoms with E-state index in [0.29, 0.717) is 76.4 Å². The van der Waals surface area contributed by atoms with Crippen LogP contribution in [-0.2, 0) is 41.7 Å². The number of amides is 4. The van der Waals surface area contributed by atoms with Crippen molar-refractivity contribution in [3.05, 3.63) is 118 Å². The summed E-state index contributed by atoms with van der Waals surface area (Å²) in [6.07, 6.45) is 3.44. The number of benzene rings is 2. The van der Waals surface area contributed by atoms with Crippen molar-refractivity contribution in [3.8, 4) is 33.8 Å². The number of ether oxygens (including phenoxy) is 4. The SMILES string of the molecule is CC(=O)c1nn(CC(=O)N2C[C@H](F)C[C@H]2C(=O)Nc2cccc(Br)n2)c2cc(OCCO)c(-c3cnc(C)nc3)cc12.COCOCCOc1cc2c(cc1-c1cnc(C)nc1)c(C(C)=O)nn2CC(=O)N1C[C@H](F)C[C@H]1C(=O)Nc1cccc(Br)n1.C[Si](C)(C)Br. The summed E-state index contributed by atoms with van der Waals surface area (Å²) in [5, 5.41) is 24.5. The standard InChI is InChI=1S/C30H31BrFN7O6.C28H27BrFN7O5.C3H9BrSi/c1-17(40)29-22-10-21(19-12-33-18(2)34-13-19)25(45-8-7-44-16-43-3)11-23(22)39(37-29)15-28(41)38-14-20(32)9-24(38)30(42)36-27-6-4-5-26(31)35-27;1-15(39)27-20-9-19(17-11-31-16(2)32-12-17)23(42-7-6-38)10-21(20)37(35-27)14-26(40)36-13-18(30)8-22(36)28(41)34-25-5-3-4-24(29)33-25;1-5(2,3)4/h4-6,10-13,20,24H,7-9,14-16H2,1-3H3,(H,35,36,42);3-5,9-12,18,22,38H,6-8,13-14H2,1-2H3,(H,33,34,41);1-3H3/t20-,24+;18-,22+;/m11./s1. The molecule has 0 unspecified atom stereocenters. The molecule has 2 saturated heterocycles. The number of carbonyl (C=O) groups excluding carboxylic acids is 6. The van der Waals surface area contributed by atoms with Gasteiger partial charge in [0.2, 0.25) is 23.6 Å². The van der Waals surface area contributed by atoms with Gasteiger partial charge in [0.15, 0.2) is 11.6 Å². The Morgan fingerprint density at radius 2 is 1.04 bits per heavy atom. The van der Waals surface area contributed by atoms with E-state index in [4.69, 9.17) is 18.9 Å². The topological polar surface area (TPSA) is 303 Å². The molecule has 486 valence electrons. The third-order valence-electron chi connectivity index (χ3n) is 13.8. The van der Waals surface area contributed by atoms with Crippen LogP contribution in [0.25, 0.3) is 44.1 Å². The number of aromatic nitrogens is 10. The van der Waals surface area contributed by atoms with Crippen LogP contribution in [0.2, 0.25) is 19.6 Å². The van der Waals surface area contributed by atoms with Gasteiger partial charge in [0.05, 0.1) is 37.3 Å². The summed E-state index contributed by atoms with van der Waals surface area (Å²) in [5.74, 6) is -0.383. The van der Waals surface area contributed by atoms with E-state index in [2.05, 4.69) is 118 Å². The average molecular weight is 1480 g/mol.